The molecular weight excluding hydrogens is 634 g/mol. The zero-order valence-corrected chi connectivity index (χ0v) is 24.9. The van der Waals surface area contributed by atoms with Crippen LogP contribution in [0.5, 0.6) is 23.0 Å². The van der Waals surface area contributed by atoms with Crippen molar-refractivity contribution in [2.75, 3.05) is 20.0 Å². The van der Waals surface area contributed by atoms with Crippen LogP contribution in [0.3, 0.4) is 0 Å². The number of carbonyl (C=O) groups excluding carboxylic acids is 2. The van der Waals surface area contributed by atoms with E-state index in [9.17, 15) is 28.5 Å². The third-order valence-electron chi connectivity index (χ3n) is 5.52. The summed E-state index contributed by atoms with van der Waals surface area (Å²) in [4.78, 5) is 32.6. The quantitative estimate of drug-likeness (QED) is 0.0497. The molecule has 0 bridgehead atoms. The van der Waals surface area contributed by atoms with Crippen LogP contribution in [0.15, 0.2) is 97.1 Å². The molecule has 0 fully saturated rings. The summed E-state index contributed by atoms with van der Waals surface area (Å²) in [6, 6.07) is 19.9. The first-order chi connectivity index (χ1) is 21.1. The standard InChI is InChI=1S/C16H12FNO5.C16H14FNO3.Fe/c1-22-16(19)9-2-11-10-13(18(20)21)5-8-15(11)23-14-6-3-12(17)4-7-14;1-20-16(19)9-2-11-10-13(18)5-8-15(11)21-14-6-3-12(17)4-7-14;/h2-10H,1H3;2-10H,18H2,1H3;/b2*9-2+;. The Hall–Kier alpha value is -5.52. The SMILES string of the molecule is COC(=O)/C=C/c1cc(N)ccc1Oc1ccc(F)cc1.COC(=O)/C=C/c1cc([N+](=O)[O-])ccc1Oc1ccc(F)cc1.[Fe]. The Kier molecular flexibility index (Phi) is 13.9. The predicted octanol–water partition coefficient (Wildman–Crippen LogP) is 7.10. The number of methoxy groups -OCH3 is 2. The second-order valence-electron chi connectivity index (χ2n) is 8.60. The number of nitrogens with two attached hydrogens (primary N) is 1. The topological polar surface area (TPSA) is 140 Å². The van der Waals surface area contributed by atoms with E-state index < -0.39 is 22.7 Å². The van der Waals surface area contributed by atoms with Crippen molar-refractivity contribution in [2.45, 2.75) is 0 Å². The Labute approximate surface area is 267 Å². The number of carbonyl (C=O) groups is 2. The number of nitro groups is 1. The van der Waals surface area contributed by atoms with Gasteiger partial charge in [-0.25, -0.2) is 18.4 Å². The number of esters is 2. The number of benzene rings is 4. The Morgan fingerprint density at radius 3 is 1.56 bits per heavy atom. The zero-order valence-electron chi connectivity index (χ0n) is 23.8. The predicted molar refractivity (Wildman–Crippen MR) is 159 cm³/mol. The average Bonchev–Trinajstić information content (AvgIpc) is 3.02. The maximum atomic E-state index is 12.9. The molecule has 0 aliphatic carbocycles. The van der Waals surface area contributed by atoms with Crippen molar-refractivity contribution >= 4 is 35.5 Å². The van der Waals surface area contributed by atoms with Crippen LogP contribution in [0.4, 0.5) is 20.2 Å². The van der Waals surface area contributed by atoms with Gasteiger partial charge in [-0.1, -0.05) is 0 Å². The molecule has 0 amide bonds. The monoisotopic (exact) mass is 660 g/mol. The van der Waals surface area contributed by atoms with E-state index in [1.54, 1.807) is 24.3 Å². The van der Waals surface area contributed by atoms with E-state index >= 15 is 0 Å². The number of nitrogens with zero attached hydrogens (tertiary/aromatic N) is 1. The van der Waals surface area contributed by atoms with Crippen molar-refractivity contribution in [1.29, 1.82) is 0 Å². The van der Waals surface area contributed by atoms with Crippen LogP contribution >= 0.6 is 0 Å². The molecule has 10 nitrogen and oxygen atoms in total. The number of non-ortho nitro benzene ring substituents is 1. The van der Waals surface area contributed by atoms with Crippen LogP contribution in [0.25, 0.3) is 12.2 Å². The van der Waals surface area contributed by atoms with Gasteiger partial charge in [-0.3, -0.25) is 10.1 Å². The molecule has 0 aromatic heterocycles. The molecule has 13 heteroatoms. The Balaban J connectivity index is 0.000000308. The van der Waals surface area contributed by atoms with Gasteiger partial charge in [0.25, 0.3) is 5.69 Å². The van der Waals surface area contributed by atoms with E-state index in [-0.39, 0.29) is 34.3 Å². The summed E-state index contributed by atoms with van der Waals surface area (Å²) in [5, 5.41) is 10.9. The van der Waals surface area contributed by atoms with Crippen LogP contribution < -0.4 is 15.2 Å². The molecule has 4 aromatic rings. The van der Waals surface area contributed by atoms with Gasteiger partial charge in [0.15, 0.2) is 0 Å². The van der Waals surface area contributed by atoms with E-state index in [1.165, 1.54) is 93.1 Å². The molecule has 4 rings (SSSR count). The van der Waals surface area contributed by atoms with Gasteiger partial charge < -0.3 is 24.7 Å². The summed E-state index contributed by atoms with van der Waals surface area (Å²) in [5.41, 5.74) is 7.04. The first-order valence-electron chi connectivity index (χ1n) is 12.6. The average molecular weight is 660 g/mol. The molecule has 0 aliphatic heterocycles. The Morgan fingerprint density at radius 2 is 1.13 bits per heavy atom. The molecule has 0 saturated carbocycles. The maximum absolute atomic E-state index is 12.9. The van der Waals surface area contributed by atoms with Crippen LogP contribution in [-0.2, 0) is 36.1 Å². The summed E-state index contributed by atoms with van der Waals surface area (Å²) >= 11 is 0. The number of rotatable bonds is 9. The van der Waals surface area contributed by atoms with Gasteiger partial charge in [0, 0.05) is 58.2 Å². The van der Waals surface area contributed by atoms with Crippen LogP contribution in [0.1, 0.15) is 11.1 Å². The molecular formula is C32H26F2FeN2O8. The third-order valence-corrected chi connectivity index (χ3v) is 5.52. The summed E-state index contributed by atoms with van der Waals surface area (Å²) in [6.07, 6.45) is 5.28. The van der Waals surface area contributed by atoms with Crippen molar-refractivity contribution in [1.82, 2.24) is 0 Å². The van der Waals surface area contributed by atoms with Crippen molar-refractivity contribution in [2.24, 2.45) is 0 Å². The van der Waals surface area contributed by atoms with Gasteiger partial charge >= 0.3 is 11.9 Å². The molecule has 0 radical (unpaired) electrons. The minimum Gasteiger partial charge on any atom is -0.466 e. The van der Waals surface area contributed by atoms with E-state index in [2.05, 4.69) is 9.47 Å². The second-order valence-corrected chi connectivity index (χ2v) is 8.60. The molecule has 4 aromatic carbocycles. The number of halogens is 2. The molecule has 0 unspecified atom stereocenters. The minimum atomic E-state index is -0.607. The van der Waals surface area contributed by atoms with Crippen LogP contribution in [0, 0.1) is 21.7 Å². The van der Waals surface area contributed by atoms with Gasteiger partial charge in [0.2, 0.25) is 0 Å². The number of hydrogen-bond donors (Lipinski definition) is 1. The zero-order chi connectivity index (χ0) is 32.1. The number of nitro benzene ring substituents is 1. The molecule has 45 heavy (non-hydrogen) atoms. The van der Waals surface area contributed by atoms with Crippen LogP contribution in [0.2, 0.25) is 0 Å². The fourth-order valence-corrected chi connectivity index (χ4v) is 3.37. The number of hydrogen-bond acceptors (Lipinski definition) is 9. The number of ether oxygens (including phenoxy) is 4. The Bertz CT molecular complexity index is 1680. The smallest absolute Gasteiger partial charge is 0.330 e. The first kappa shape index (κ1) is 35.7. The summed E-state index contributed by atoms with van der Waals surface area (Å²) in [7, 11) is 2.51. The molecule has 0 heterocycles. The summed E-state index contributed by atoms with van der Waals surface area (Å²) < 4.78 is 46.0. The van der Waals surface area contributed by atoms with E-state index in [0.717, 1.165) is 6.08 Å². The molecule has 234 valence electrons. The van der Waals surface area contributed by atoms with Gasteiger partial charge in [0.1, 0.15) is 34.6 Å². The van der Waals surface area contributed by atoms with Crippen LogP contribution in [-0.4, -0.2) is 31.1 Å². The van der Waals surface area contributed by atoms with Crippen molar-refractivity contribution < 1.29 is 59.3 Å². The second kappa shape index (κ2) is 17.6. The van der Waals surface area contributed by atoms with Gasteiger partial charge in [-0.05, 0) is 84.9 Å². The van der Waals surface area contributed by atoms with Crippen molar-refractivity contribution in [3.8, 4) is 23.0 Å². The maximum Gasteiger partial charge on any atom is 0.330 e. The van der Waals surface area contributed by atoms with E-state index in [0.29, 0.717) is 34.1 Å². The fraction of sp³-hybridized carbons (Fsp3) is 0.0625. The normalized spacial score (nSPS) is 10.3. The van der Waals surface area contributed by atoms with Gasteiger partial charge in [0.05, 0.1) is 19.1 Å². The minimum absolute atomic E-state index is 0. The first-order valence-corrected chi connectivity index (χ1v) is 12.6. The Morgan fingerprint density at radius 1 is 0.711 bits per heavy atom. The molecule has 0 atom stereocenters. The molecule has 0 aliphatic rings. The van der Waals surface area contributed by atoms with E-state index in [1.807, 2.05) is 0 Å². The van der Waals surface area contributed by atoms with Crippen molar-refractivity contribution in [3.05, 3.63) is 130 Å². The summed E-state index contributed by atoms with van der Waals surface area (Å²) in [6.45, 7) is 0. The molecule has 2 N–H and O–H groups in total. The fourth-order valence-electron chi connectivity index (χ4n) is 3.37. The van der Waals surface area contributed by atoms with Crippen molar-refractivity contribution in [3.63, 3.8) is 0 Å². The largest absolute Gasteiger partial charge is 0.466 e. The summed E-state index contributed by atoms with van der Waals surface area (Å²) in [5.74, 6) is -0.230. The molecule has 0 spiro atoms. The van der Waals surface area contributed by atoms with Gasteiger partial charge in [-0.15, -0.1) is 0 Å². The number of anilines is 1. The third kappa shape index (κ3) is 11.6. The van der Waals surface area contributed by atoms with E-state index in [4.69, 9.17) is 15.2 Å². The molecule has 0 saturated heterocycles. The van der Waals surface area contributed by atoms with Gasteiger partial charge in [-0.2, -0.15) is 0 Å². The number of nitrogen functional groups attached to an aromatic ring is 1.